The first-order valence-corrected chi connectivity index (χ1v) is 14.2. The molecular formula is C28H35F3N8O4. The molecule has 232 valence electrons. The Bertz CT molecular complexity index is 1370. The summed E-state index contributed by atoms with van der Waals surface area (Å²) in [5, 5.41) is 36.4. The molecule has 1 amide bonds. The van der Waals surface area contributed by atoms with E-state index >= 15 is 0 Å². The van der Waals surface area contributed by atoms with E-state index in [2.05, 4.69) is 26.0 Å². The summed E-state index contributed by atoms with van der Waals surface area (Å²) < 4.78 is 45.9. The van der Waals surface area contributed by atoms with Crippen LogP contribution in [0, 0.1) is 0 Å². The molecule has 1 saturated carbocycles. The molecule has 0 unspecified atom stereocenters. The fourth-order valence-electron chi connectivity index (χ4n) is 5.54. The average Bonchev–Trinajstić information content (AvgIpc) is 3.43. The van der Waals surface area contributed by atoms with Crippen molar-refractivity contribution in [2.45, 2.75) is 62.9 Å². The number of anilines is 3. The summed E-state index contributed by atoms with van der Waals surface area (Å²) in [4.78, 5) is 16.0. The summed E-state index contributed by atoms with van der Waals surface area (Å²) in [6.45, 7) is 1.29. The van der Waals surface area contributed by atoms with Gasteiger partial charge in [-0.3, -0.25) is 15.2 Å². The number of carbonyl (C=O) groups is 1. The summed E-state index contributed by atoms with van der Waals surface area (Å²) in [5.41, 5.74) is 0.223. The number of nitrogens with zero attached hydrogens (tertiary/aromatic N) is 6. The third kappa shape index (κ3) is 7.91. The largest absolute Gasteiger partial charge is 0.418 e. The zero-order valence-electron chi connectivity index (χ0n) is 23.7. The van der Waals surface area contributed by atoms with Crippen LogP contribution in [0.2, 0.25) is 0 Å². The predicted octanol–water partition coefficient (Wildman–Crippen LogP) is 4.32. The molecule has 0 spiro atoms. The van der Waals surface area contributed by atoms with Gasteiger partial charge in [-0.1, -0.05) is 0 Å². The van der Waals surface area contributed by atoms with E-state index in [1.54, 1.807) is 7.05 Å². The van der Waals surface area contributed by atoms with Gasteiger partial charge in [-0.25, -0.2) is 0 Å². The molecule has 0 radical (unpaired) electrons. The maximum Gasteiger partial charge on any atom is 0.418 e. The Kier molecular flexibility index (Phi) is 9.32. The maximum atomic E-state index is 13.3. The van der Waals surface area contributed by atoms with Crippen molar-refractivity contribution >= 4 is 23.0 Å². The number of benzene rings is 2. The minimum Gasteiger partial charge on any atom is -0.382 e. The molecule has 2 aromatic carbocycles. The number of aryl methyl sites for hydroxylation is 1. The number of aromatic nitrogens is 4. The molecule has 5 rings (SSSR count). The SMILES string of the molecule is Cn1nnc(-c2ccc(NC3CCN(C(=O)COC4CCC(Nc5ccc(N(O)O)c(C(F)(F)F)c5)CC4)CC3)cc2)n1. The van der Waals surface area contributed by atoms with E-state index in [0.717, 1.165) is 36.2 Å². The summed E-state index contributed by atoms with van der Waals surface area (Å²) in [7, 11) is 1.72. The van der Waals surface area contributed by atoms with Crippen LogP contribution in [0.4, 0.5) is 30.2 Å². The molecule has 1 aromatic heterocycles. The van der Waals surface area contributed by atoms with Crippen LogP contribution in [0.15, 0.2) is 42.5 Å². The molecule has 2 heterocycles. The maximum absolute atomic E-state index is 13.3. The van der Waals surface area contributed by atoms with E-state index in [4.69, 9.17) is 15.2 Å². The van der Waals surface area contributed by atoms with Crippen molar-refractivity contribution in [1.82, 2.24) is 25.1 Å². The molecule has 2 fully saturated rings. The molecule has 12 nitrogen and oxygen atoms in total. The number of likely N-dealkylation sites (tertiary alicyclic amines) is 1. The average molecular weight is 605 g/mol. The lowest BCUT2D eigenvalue weighted by atomic mass is 9.92. The van der Waals surface area contributed by atoms with E-state index in [9.17, 15) is 18.0 Å². The minimum atomic E-state index is -4.75. The molecule has 43 heavy (non-hydrogen) atoms. The second-order valence-electron chi connectivity index (χ2n) is 10.9. The van der Waals surface area contributed by atoms with Gasteiger partial charge in [0.1, 0.15) is 12.3 Å². The second-order valence-corrected chi connectivity index (χ2v) is 10.9. The number of ether oxygens (including phenoxy) is 1. The molecule has 0 bridgehead atoms. The number of carbonyl (C=O) groups excluding carboxylic acids is 1. The number of nitrogens with one attached hydrogen (secondary N) is 2. The molecule has 4 N–H and O–H groups in total. The van der Waals surface area contributed by atoms with Gasteiger partial charge in [0.05, 0.1) is 18.7 Å². The van der Waals surface area contributed by atoms with E-state index in [-0.39, 0.29) is 36.4 Å². The third-order valence-electron chi connectivity index (χ3n) is 7.87. The molecule has 1 saturated heterocycles. The Morgan fingerprint density at radius 2 is 1.60 bits per heavy atom. The van der Waals surface area contributed by atoms with Crippen molar-refractivity contribution in [1.29, 1.82) is 0 Å². The first-order chi connectivity index (χ1) is 20.5. The van der Waals surface area contributed by atoms with Crippen LogP contribution in [0.5, 0.6) is 0 Å². The van der Waals surface area contributed by atoms with Crippen molar-refractivity contribution in [3.05, 3.63) is 48.0 Å². The summed E-state index contributed by atoms with van der Waals surface area (Å²) in [6, 6.07) is 11.3. The van der Waals surface area contributed by atoms with E-state index in [1.807, 2.05) is 29.2 Å². The second kappa shape index (κ2) is 13.1. The van der Waals surface area contributed by atoms with Gasteiger partial charge in [-0.05, 0) is 86.2 Å². The Labute approximate surface area is 246 Å². The highest BCUT2D eigenvalue weighted by molar-refractivity contribution is 5.77. The van der Waals surface area contributed by atoms with Crippen molar-refractivity contribution in [3.63, 3.8) is 0 Å². The summed E-state index contributed by atoms with van der Waals surface area (Å²) in [6.07, 6.45) is -0.510. The molecule has 15 heteroatoms. The van der Waals surface area contributed by atoms with Crippen LogP contribution < -0.4 is 15.9 Å². The molecule has 1 aliphatic carbocycles. The number of tetrazole rings is 1. The lowest BCUT2D eigenvalue weighted by Gasteiger charge is -2.34. The fourth-order valence-corrected chi connectivity index (χ4v) is 5.54. The number of piperidine rings is 1. The van der Waals surface area contributed by atoms with Gasteiger partial charge in [0.25, 0.3) is 0 Å². The zero-order chi connectivity index (χ0) is 30.6. The van der Waals surface area contributed by atoms with E-state index in [1.165, 1.54) is 10.9 Å². The van der Waals surface area contributed by atoms with Gasteiger partial charge in [0.2, 0.25) is 11.7 Å². The van der Waals surface area contributed by atoms with Crippen molar-refractivity contribution < 1.29 is 33.1 Å². The van der Waals surface area contributed by atoms with Gasteiger partial charge in [0.15, 0.2) is 0 Å². The lowest BCUT2D eigenvalue weighted by Crippen LogP contribution is -2.44. The first kappa shape index (κ1) is 30.5. The highest BCUT2D eigenvalue weighted by atomic mass is 19.4. The quantitative estimate of drug-likeness (QED) is 0.261. The van der Waals surface area contributed by atoms with Crippen molar-refractivity contribution in [2.75, 3.05) is 35.6 Å². The first-order valence-electron chi connectivity index (χ1n) is 14.2. The molecule has 1 aliphatic heterocycles. The fraction of sp³-hybridized carbons (Fsp3) is 0.500. The van der Waals surface area contributed by atoms with Crippen LogP contribution in [0.1, 0.15) is 44.1 Å². The predicted molar refractivity (Wildman–Crippen MR) is 151 cm³/mol. The van der Waals surface area contributed by atoms with Gasteiger partial charge in [-0.15, -0.1) is 15.4 Å². The Hall–Kier alpha value is -3.95. The van der Waals surface area contributed by atoms with Gasteiger partial charge in [0, 0.05) is 42.1 Å². The van der Waals surface area contributed by atoms with Gasteiger partial charge < -0.3 is 20.3 Å². The third-order valence-corrected chi connectivity index (χ3v) is 7.87. The number of halogens is 3. The monoisotopic (exact) mass is 604 g/mol. The highest BCUT2D eigenvalue weighted by Crippen LogP contribution is 2.38. The highest BCUT2D eigenvalue weighted by Gasteiger charge is 2.35. The lowest BCUT2D eigenvalue weighted by molar-refractivity contribution is -0.140. The molecule has 0 atom stereocenters. The number of amides is 1. The normalized spacial score (nSPS) is 19.7. The molecule has 2 aliphatic rings. The zero-order valence-corrected chi connectivity index (χ0v) is 23.7. The van der Waals surface area contributed by atoms with Gasteiger partial charge >= 0.3 is 6.18 Å². The van der Waals surface area contributed by atoms with Crippen molar-refractivity contribution in [2.24, 2.45) is 7.05 Å². The van der Waals surface area contributed by atoms with Gasteiger partial charge in [-0.2, -0.15) is 18.0 Å². The molecule has 3 aromatic rings. The van der Waals surface area contributed by atoms with E-state index in [0.29, 0.717) is 44.6 Å². The van der Waals surface area contributed by atoms with Crippen LogP contribution in [0.3, 0.4) is 0 Å². The van der Waals surface area contributed by atoms with Crippen molar-refractivity contribution in [3.8, 4) is 11.4 Å². The number of rotatable bonds is 9. The summed E-state index contributed by atoms with van der Waals surface area (Å²) >= 11 is 0. The van der Waals surface area contributed by atoms with Crippen LogP contribution in [-0.4, -0.2) is 79.3 Å². The standard InChI is InChI=1S/C28H35F3N8O4/c1-37-35-27(34-36-37)18-2-4-19(5-3-18)32-21-12-14-38(15-13-21)26(40)17-43-23-9-6-20(7-10-23)33-22-8-11-25(39(41)42)24(16-22)28(29,30)31/h2-5,8,11,16,20-21,23,32-33,41-42H,6-7,9-10,12-15,17H2,1H3. The Morgan fingerprint density at radius 3 is 2.21 bits per heavy atom. The van der Waals surface area contributed by atoms with Crippen LogP contribution in [0.25, 0.3) is 11.4 Å². The Morgan fingerprint density at radius 1 is 0.977 bits per heavy atom. The smallest absolute Gasteiger partial charge is 0.382 e. The topological polar surface area (TPSA) is 141 Å². The van der Waals surface area contributed by atoms with E-state index < -0.39 is 22.7 Å². The minimum absolute atomic E-state index is 0.00789. The Balaban J connectivity index is 1.01. The van der Waals surface area contributed by atoms with Crippen LogP contribution in [-0.2, 0) is 22.8 Å². The number of hydrogen-bond acceptors (Lipinski definition) is 10. The molecular weight excluding hydrogens is 569 g/mol. The number of hydrogen-bond donors (Lipinski definition) is 4. The van der Waals surface area contributed by atoms with Crippen LogP contribution >= 0.6 is 0 Å². The summed E-state index contributed by atoms with van der Waals surface area (Å²) in [5.74, 6) is 0.530. The number of alkyl halides is 3.